The van der Waals surface area contributed by atoms with Gasteiger partial charge in [0.2, 0.25) is 5.91 Å². The van der Waals surface area contributed by atoms with Crippen molar-refractivity contribution in [3.8, 4) is 34.8 Å². The molecule has 0 aliphatic carbocycles. The SMILES string of the molecule is N#Cc1cccc(COc2cc(OCc3cccn(-c4ccc5c(c4)OCCO5)c3=O)c(Cl)cc2CNCC2CCC(=O)N2)c1. The molecule has 4 aromatic rings. The van der Waals surface area contributed by atoms with Gasteiger partial charge in [0, 0.05) is 49.4 Å². The second-order valence-corrected chi connectivity index (χ2v) is 11.2. The van der Waals surface area contributed by atoms with Crippen molar-refractivity contribution in [2.45, 2.75) is 38.6 Å². The van der Waals surface area contributed by atoms with Gasteiger partial charge in [-0.3, -0.25) is 14.2 Å². The van der Waals surface area contributed by atoms with Gasteiger partial charge in [-0.1, -0.05) is 23.7 Å². The molecule has 1 saturated heterocycles. The molecule has 0 saturated carbocycles. The minimum Gasteiger partial charge on any atom is -0.488 e. The number of benzene rings is 3. The van der Waals surface area contributed by atoms with Gasteiger partial charge in [0.05, 0.1) is 27.9 Å². The average molecular weight is 627 g/mol. The highest BCUT2D eigenvalue weighted by Gasteiger charge is 2.21. The molecule has 2 aliphatic rings. The summed E-state index contributed by atoms with van der Waals surface area (Å²) in [6.45, 7) is 2.19. The lowest BCUT2D eigenvalue weighted by atomic mass is 10.1. The average Bonchev–Trinajstić information content (AvgIpc) is 3.48. The molecule has 0 radical (unpaired) electrons. The van der Waals surface area contributed by atoms with E-state index >= 15 is 0 Å². The number of nitrogens with zero attached hydrogens (tertiary/aromatic N) is 2. The van der Waals surface area contributed by atoms with Crippen LogP contribution in [0.3, 0.4) is 0 Å². The van der Waals surface area contributed by atoms with Gasteiger partial charge in [0.15, 0.2) is 11.5 Å². The molecule has 2 aliphatic heterocycles. The summed E-state index contributed by atoms with van der Waals surface area (Å²) in [5.74, 6) is 2.20. The Kier molecular flexibility index (Phi) is 9.19. The zero-order chi connectivity index (χ0) is 31.2. The number of amides is 1. The van der Waals surface area contributed by atoms with Gasteiger partial charge in [-0.25, -0.2) is 0 Å². The van der Waals surface area contributed by atoms with Crippen LogP contribution in [0.2, 0.25) is 5.02 Å². The quantitative estimate of drug-likeness (QED) is 0.246. The van der Waals surface area contributed by atoms with Gasteiger partial charge in [-0.05, 0) is 54.4 Å². The molecular weight excluding hydrogens is 596 g/mol. The third-order valence-electron chi connectivity index (χ3n) is 7.57. The second kappa shape index (κ2) is 13.8. The van der Waals surface area contributed by atoms with Crippen LogP contribution in [0.1, 0.15) is 35.1 Å². The zero-order valence-electron chi connectivity index (χ0n) is 24.4. The Labute approximate surface area is 265 Å². The fraction of sp³-hybridized carbons (Fsp3) is 0.265. The molecule has 11 heteroatoms. The summed E-state index contributed by atoms with van der Waals surface area (Å²) in [7, 11) is 0. The van der Waals surface area contributed by atoms with E-state index < -0.39 is 0 Å². The number of halogens is 1. The molecule has 1 fully saturated rings. The highest BCUT2D eigenvalue weighted by molar-refractivity contribution is 6.32. The molecule has 10 nitrogen and oxygen atoms in total. The number of aromatic nitrogens is 1. The Morgan fingerprint density at radius 2 is 1.80 bits per heavy atom. The van der Waals surface area contributed by atoms with E-state index in [9.17, 15) is 14.9 Å². The molecule has 3 aromatic carbocycles. The van der Waals surface area contributed by atoms with Crippen molar-refractivity contribution in [3.63, 3.8) is 0 Å². The molecule has 0 bridgehead atoms. The summed E-state index contributed by atoms with van der Waals surface area (Å²) in [5, 5.41) is 16.0. The predicted molar refractivity (Wildman–Crippen MR) is 167 cm³/mol. The lowest BCUT2D eigenvalue weighted by molar-refractivity contribution is -0.119. The van der Waals surface area contributed by atoms with Crippen molar-refractivity contribution in [1.82, 2.24) is 15.2 Å². The number of hydrogen-bond acceptors (Lipinski definition) is 8. The van der Waals surface area contributed by atoms with Crippen LogP contribution >= 0.6 is 11.6 Å². The zero-order valence-corrected chi connectivity index (χ0v) is 25.1. The predicted octanol–water partition coefficient (Wildman–Crippen LogP) is 4.66. The molecule has 230 valence electrons. The van der Waals surface area contributed by atoms with E-state index in [2.05, 4.69) is 16.7 Å². The van der Waals surface area contributed by atoms with Crippen LogP contribution < -0.4 is 35.1 Å². The molecule has 1 amide bonds. The van der Waals surface area contributed by atoms with Crippen molar-refractivity contribution >= 4 is 17.5 Å². The molecule has 1 atom stereocenters. The molecular formula is C34H31ClN4O6. The van der Waals surface area contributed by atoms with Crippen LogP contribution in [-0.2, 0) is 24.6 Å². The fourth-order valence-corrected chi connectivity index (χ4v) is 5.49. The van der Waals surface area contributed by atoms with Crippen LogP contribution in [0, 0.1) is 11.3 Å². The standard InChI is InChI=1S/C34H31ClN4O6/c35-28-14-25(18-37-19-26-6-9-33(40)38-26)30(44-20-23-4-1-3-22(13-23)17-36)16-31(28)45-21-24-5-2-10-39(34(24)41)27-7-8-29-32(15-27)43-12-11-42-29/h1-5,7-8,10,13-16,26,37H,6,9,11-12,18-21H2,(H,38,40). The van der Waals surface area contributed by atoms with E-state index in [1.165, 1.54) is 4.57 Å². The van der Waals surface area contributed by atoms with Gasteiger partial charge in [-0.15, -0.1) is 0 Å². The normalized spacial score (nSPS) is 15.3. The Bertz CT molecular complexity index is 1820. The molecule has 0 spiro atoms. The van der Waals surface area contributed by atoms with Crippen LogP contribution in [0.25, 0.3) is 5.69 Å². The Morgan fingerprint density at radius 1 is 0.956 bits per heavy atom. The first-order valence-corrected chi connectivity index (χ1v) is 15.0. The van der Waals surface area contributed by atoms with Gasteiger partial charge >= 0.3 is 0 Å². The number of fused-ring (bicyclic) bond motifs is 1. The number of nitriles is 1. The van der Waals surface area contributed by atoms with Crippen molar-refractivity contribution < 1.29 is 23.7 Å². The van der Waals surface area contributed by atoms with Gasteiger partial charge in [-0.2, -0.15) is 5.26 Å². The number of carbonyl (C=O) groups is 1. The van der Waals surface area contributed by atoms with Crippen molar-refractivity contribution in [2.24, 2.45) is 0 Å². The first-order chi connectivity index (χ1) is 22.0. The minimum atomic E-state index is -0.237. The highest BCUT2D eigenvalue weighted by atomic mass is 35.5. The molecule has 6 rings (SSSR count). The van der Waals surface area contributed by atoms with Crippen molar-refractivity contribution in [1.29, 1.82) is 5.26 Å². The summed E-state index contributed by atoms with van der Waals surface area (Å²) in [6.07, 6.45) is 3.01. The van der Waals surface area contributed by atoms with E-state index in [4.69, 9.17) is 30.5 Å². The molecule has 2 N–H and O–H groups in total. The largest absolute Gasteiger partial charge is 0.488 e. The topological polar surface area (TPSA) is 124 Å². The van der Waals surface area contributed by atoms with E-state index in [-0.39, 0.29) is 30.7 Å². The summed E-state index contributed by atoms with van der Waals surface area (Å²) < 4.78 is 25.1. The first kappa shape index (κ1) is 30.1. The number of hydrogen-bond donors (Lipinski definition) is 2. The minimum absolute atomic E-state index is 0.0213. The van der Waals surface area contributed by atoms with Crippen LogP contribution in [0.5, 0.6) is 23.0 Å². The summed E-state index contributed by atoms with van der Waals surface area (Å²) >= 11 is 6.67. The Morgan fingerprint density at radius 3 is 2.62 bits per heavy atom. The van der Waals surface area contributed by atoms with Crippen molar-refractivity contribution in [3.05, 3.63) is 111 Å². The number of nitrogens with one attached hydrogen (secondary N) is 2. The van der Waals surface area contributed by atoms with E-state index in [1.54, 1.807) is 60.8 Å². The lowest BCUT2D eigenvalue weighted by Crippen LogP contribution is -2.35. The van der Waals surface area contributed by atoms with Crippen LogP contribution in [0.15, 0.2) is 77.7 Å². The maximum Gasteiger partial charge on any atom is 0.261 e. The molecule has 3 heterocycles. The lowest BCUT2D eigenvalue weighted by Gasteiger charge is -2.19. The Hall–Kier alpha value is -4.98. The molecule has 1 unspecified atom stereocenters. The van der Waals surface area contributed by atoms with Crippen LogP contribution in [0.4, 0.5) is 0 Å². The van der Waals surface area contributed by atoms with E-state index in [1.807, 2.05) is 12.1 Å². The number of carbonyl (C=O) groups excluding carboxylic acids is 1. The van der Waals surface area contributed by atoms with Crippen molar-refractivity contribution in [2.75, 3.05) is 19.8 Å². The summed E-state index contributed by atoms with van der Waals surface area (Å²) in [5.41, 5.74) is 3.02. The number of pyridine rings is 1. The van der Waals surface area contributed by atoms with Gasteiger partial charge in [0.1, 0.15) is 37.9 Å². The first-order valence-electron chi connectivity index (χ1n) is 14.6. The second-order valence-electron chi connectivity index (χ2n) is 10.8. The molecule has 45 heavy (non-hydrogen) atoms. The van der Waals surface area contributed by atoms with E-state index in [0.29, 0.717) is 77.6 Å². The smallest absolute Gasteiger partial charge is 0.261 e. The monoisotopic (exact) mass is 626 g/mol. The van der Waals surface area contributed by atoms with Crippen LogP contribution in [-0.4, -0.2) is 36.3 Å². The highest BCUT2D eigenvalue weighted by Crippen LogP contribution is 2.34. The Balaban J connectivity index is 1.20. The summed E-state index contributed by atoms with van der Waals surface area (Å²) in [6, 6.07) is 21.8. The van der Waals surface area contributed by atoms with Gasteiger partial charge < -0.3 is 29.6 Å². The molecule has 1 aromatic heterocycles. The third-order valence-corrected chi connectivity index (χ3v) is 7.87. The maximum absolute atomic E-state index is 13.4. The summed E-state index contributed by atoms with van der Waals surface area (Å²) in [4.78, 5) is 25.0. The number of rotatable bonds is 11. The third kappa shape index (κ3) is 7.23. The van der Waals surface area contributed by atoms with E-state index in [0.717, 1.165) is 17.5 Å². The maximum atomic E-state index is 13.4. The van der Waals surface area contributed by atoms with Gasteiger partial charge in [0.25, 0.3) is 5.56 Å². The fourth-order valence-electron chi connectivity index (χ4n) is 5.25. The number of ether oxygens (including phenoxy) is 4.